The number of hydrogen-bond acceptors (Lipinski definition) is 3. The molecule has 0 aliphatic carbocycles. The van der Waals surface area contributed by atoms with Crippen molar-refractivity contribution >= 4 is 33.5 Å². The van der Waals surface area contributed by atoms with Crippen molar-refractivity contribution in [3.8, 4) is 0 Å². The molecule has 1 saturated heterocycles. The van der Waals surface area contributed by atoms with E-state index in [1.165, 1.54) is 34.2 Å². The molecule has 1 atom stereocenters. The molecule has 1 N–H and O–H groups in total. The van der Waals surface area contributed by atoms with Gasteiger partial charge in [-0.2, -0.15) is 26.3 Å². The molecule has 1 aromatic heterocycles. The summed E-state index contributed by atoms with van der Waals surface area (Å²) in [6.07, 6.45) is -7.91. The first-order valence-electron chi connectivity index (χ1n) is 9.09. The second-order valence-electron chi connectivity index (χ2n) is 6.98. The van der Waals surface area contributed by atoms with Crippen molar-refractivity contribution in [1.82, 2.24) is 9.88 Å². The Hall–Kier alpha value is -2.50. The summed E-state index contributed by atoms with van der Waals surface area (Å²) in [5, 5.41) is 2.42. The minimum atomic E-state index is -4.60. The third-order valence-electron chi connectivity index (χ3n) is 4.80. The van der Waals surface area contributed by atoms with Crippen LogP contribution in [0.3, 0.4) is 0 Å². The van der Waals surface area contributed by atoms with Crippen molar-refractivity contribution in [3.05, 3.63) is 52.1 Å². The predicted octanol–water partition coefficient (Wildman–Crippen LogP) is 5.62. The Morgan fingerprint density at radius 1 is 1.10 bits per heavy atom. The van der Waals surface area contributed by atoms with E-state index in [0.29, 0.717) is 0 Å². The van der Waals surface area contributed by atoms with E-state index in [9.17, 15) is 31.1 Å². The van der Waals surface area contributed by atoms with Gasteiger partial charge in [-0.15, -0.1) is 0 Å². The van der Waals surface area contributed by atoms with Gasteiger partial charge in [-0.05, 0) is 37.3 Å². The number of nitrogens with one attached hydrogen (secondary N) is 1. The summed E-state index contributed by atoms with van der Waals surface area (Å²) in [7, 11) is 0. The number of carbonyl (C=O) groups is 1. The Morgan fingerprint density at radius 3 is 2.39 bits per heavy atom. The Kier molecular flexibility index (Phi) is 6.40. The van der Waals surface area contributed by atoms with Gasteiger partial charge in [0, 0.05) is 42.0 Å². The lowest BCUT2D eigenvalue weighted by Gasteiger charge is -2.40. The summed E-state index contributed by atoms with van der Waals surface area (Å²) in [5.74, 6) is -0.218. The molecule has 5 nitrogen and oxygen atoms in total. The molecule has 0 bridgehead atoms. The fourth-order valence-electron chi connectivity index (χ4n) is 3.34. The lowest BCUT2D eigenvalue weighted by atomic mass is 10.1. The number of halogens is 7. The van der Waals surface area contributed by atoms with Crippen LogP contribution in [0.25, 0.3) is 0 Å². The SMILES string of the molecule is C[C@@H]1CN(c2ncccc2C(F)(F)F)CCN1C(=O)Nc1ccc(Br)c(C(F)(F)F)c1. The zero-order valence-corrected chi connectivity index (χ0v) is 17.6. The molecule has 2 heterocycles. The summed E-state index contributed by atoms with van der Waals surface area (Å²) in [6, 6.07) is 4.31. The highest BCUT2D eigenvalue weighted by Crippen LogP contribution is 2.37. The topological polar surface area (TPSA) is 48.5 Å². The largest absolute Gasteiger partial charge is 0.419 e. The maximum Gasteiger partial charge on any atom is 0.419 e. The highest BCUT2D eigenvalue weighted by atomic mass is 79.9. The van der Waals surface area contributed by atoms with Gasteiger partial charge in [-0.3, -0.25) is 0 Å². The van der Waals surface area contributed by atoms with Crippen molar-refractivity contribution in [2.45, 2.75) is 25.3 Å². The minimum absolute atomic E-state index is 0.0424. The Labute approximate surface area is 182 Å². The van der Waals surface area contributed by atoms with E-state index in [-0.39, 0.29) is 35.6 Å². The molecular weight excluding hydrogens is 494 g/mol. The standard InChI is InChI=1S/C19H17BrF6N4O/c1-11-10-29(16-13(18(21,22)23)3-2-6-27-16)7-8-30(11)17(31)28-12-4-5-15(20)14(9-12)19(24,25)26/h2-6,9,11H,7-8,10H2,1H3,(H,28,31)/t11-/m1/s1. The Morgan fingerprint density at radius 2 is 1.77 bits per heavy atom. The zero-order chi connectivity index (χ0) is 23.0. The van der Waals surface area contributed by atoms with Crippen LogP contribution in [0, 0.1) is 0 Å². The van der Waals surface area contributed by atoms with Crippen molar-refractivity contribution in [2.75, 3.05) is 29.9 Å². The van der Waals surface area contributed by atoms with Gasteiger partial charge in [0.25, 0.3) is 0 Å². The summed E-state index contributed by atoms with van der Waals surface area (Å²) in [5.41, 5.74) is -1.84. The van der Waals surface area contributed by atoms with Crippen LogP contribution in [0.4, 0.5) is 42.6 Å². The average molecular weight is 511 g/mol. The highest BCUT2D eigenvalue weighted by molar-refractivity contribution is 9.10. The van der Waals surface area contributed by atoms with Gasteiger partial charge < -0.3 is 15.1 Å². The maximum atomic E-state index is 13.3. The molecule has 2 aromatic rings. The third-order valence-corrected chi connectivity index (χ3v) is 5.49. The van der Waals surface area contributed by atoms with Gasteiger partial charge in [0.1, 0.15) is 5.82 Å². The molecule has 0 radical (unpaired) electrons. The molecule has 1 aromatic carbocycles. The van der Waals surface area contributed by atoms with Gasteiger partial charge in [0.15, 0.2) is 0 Å². The molecule has 1 fully saturated rings. The molecule has 0 unspecified atom stereocenters. The van der Waals surface area contributed by atoms with Crippen molar-refractivity contribution in [1.29, 1.82) is 0 Å². The summed E-state index contributed by atoms with van der Waals surface area (Å²) < 4.78 is 78.8. The smallest absolute Gasteiger partial charge is 0.352 e. The van der Waals surface area contributed by atoms with E-state index >= 15 is 0 Å². The number of hydrogen-bond donors (Lipinski definition) is 1. The van der Waals surface area contributed by atoms with E-state index in [2.05, 4.69) is 26.2 Å². The number of nitrogens with zero attached hydrogens (tertiary/aromatic N) is 3. The second-order valence-corrected chi connectivity index (χ2v) is 7.84. The highest BCUT2D eigenvalue weighted by Gasteiger charge is 2.38. The molecule has 168 valence electrons. The predicted molar refractivity (Wildman–Crippen MR) is 106 cm³/mol. The van der Waals surface area contributed by atoms with E-state index in [1.807, 2.05) is 0 Å². The van der Waals surface area contributed by atoms with Crippen molar-refractivity contribution in [2.24, 2.45) is 0 Å². The second kappa shape index (κ2) is 8.56. The zero-order valence-electron chi connectivity index (χ0n) is 16.1. The molecule has 31 heavy (non-hydrogen) atoms. The monoisotopic (exact) mass is 510 g/mol. The molecule has 1 aliphatic heterocycles. The first-order valence-corrected chi connectivity index (χ1v) is 9.88. The summed E-state index contributed by atoms with van der Waals surface area (Å²) >= 11 is 2.83. The quantitative estimate of drug-likeness (QED) is 0.533. The van der Waals surface area contributed by atoms with Crippen LogP contribution < -0.4 is 10.2 Å². The van der Waals surface area contributed by atoms with Crippen molar-refractivity contribution < 1.29 is 31.1 Å². The maximum absolute atomic E-state index is 13.3. The number of amides is 2. The normalized spacial score (nSPS) is 17.6. The Balaban J connectivity index is 1.72. The third kappa shape index (κ3) is 5.23. The number of rotatable bonds is 2. The molecule has 0 spiro atoms. The number of urea groups is 1. The number of carbonyl (C=O) groups excluding carboxylic acids is 1. The molecule has 3 rings (SSSR count). The lowest BCUT2D eigenvalue weighted by molar-refractivity contribution is -0.138. The Bertz CT molecular complexity index is 965. The van der Waals surface area contributed by atoms with Crippen LogP contribution in [0.15, 0.2) is 41.0 Å². The van der Waals surface area contributed by atoms with Crippen LogP contribution in [0.2, 0.25) is 0 Å². The van der Waals surface area contributed by atoms with E-state index in [0.717, 1.165) is 12.1 Å². The van der Waals surface area contributed by atoms with Crippen LogP contribution in [0.5, 0.6) is 0 Å². The van der Waals surface area contributed by atoms with E-state index in [4.69, 9.17) is 0 Å². The molecule has 1 aliphatic rings. The fraction of sp³-hybridized carbons (Fsp3) is 0.368. The van der Waals surface area contributed by atoms with Crippen LogP contribution in [-0.2, 0) is 12.4 Å². The fourth-order valence-corrected chi connectivity index (χ4v) is 3.81. The first-order chi connectivity index (χ1) is 14.4. The van der Waals surface area contributed by atoms with Gasteiger partial charge >= 0.3 is 18.4 Å². The van der Waals surface area contributed by atoms with Gasteiger partial charge in [-0.1, -0.05) is 15.9 Å². The minimum Gasteiger partial charge on any atom is -0.352 e. The van der Waals surface area contributed by atoms with Crippen molar-refractivity contribution in [3.63, 3.8) is 0 Å². The number of benzene rings is 1. The molecule has 12 heteroatoms. The number of aromatic nitrogens is 1. The lowest BCUT2D eigenvalue weighted by Crippen LogP contribution is -2.55. The van der Waals surface area contributed by atoms with Crippen LogP contribution >= 0.6 is 15.9 Å². The molecule has 0 saturated carbocycles. The molecular formula is C19H17BrF6N4O. The van der Waals surface area contributed by atoms with Gasteiger partial charge in [0.05, 0.1) is 11.1 Å². The van der Waals surface area contributed by atoms with Gasteiger partial charge in [0.2, 0.25) is 0 Å². The van der Waals surface area contributed by atoms with E-state index < -0.39 is 35.6 Å². The number of pyridine rings is 1. The number of anilines is 2. The number of alkyl halides is 6. The van der Waals surface area contributed by atoms with Crippen LogP contribution in [-0.4, -0.2) is 41.6 Å². The van der Waals surface area contributed by atoms with E-state index in [1.54, 1.807) is 6.92 Å². The first kappa shape index (κ1) is 23.2. The summed E-state index contributed by atoms with van der Waals surface area (Å²) in [6.45, 7) is 1.89. The number of piperazine rings is 1. The van der Waals surface area contributed by atoms with Crippen LogP contribution in [0.1, 0.15) is 18.1 Å². The average Bonchev–Trinajstić information content (AvgIpc) is 2.67. The van der Waals surface area contributed by atoms with Gasteiger partial charge in [-0.25, -0.2) is 9.78 Å². The summed E-state index contributed by atoms with van der Waals surface area (Å²) in [4.78, 5) is 19.3. The molecule has 2 amide bonds.